The van der Waals surface area contributed by atoms with Gasteiger partial charge in [0.05, 0.1) is 17.4 Å². The molecule has 0 heterocycles. The van der Waals surface area contributed by atoms with Gasteiger partial charge in [-0.3, -0.25) is 0 Å². The van der Waals surface area contributed by atoms with Crippen LogP contribution < -0.4 is 10.5 Å². The summed E-state index contributed by atoms with van der Waals surface area (Å²) in [6.07, 6.45) is 1.15. The van der Waals surface area contributed by atoms with E-state index in [4.69, 9.17) is 22.1 Å². The maximum Gasteiger partial charge on any atom is 0.150 e. The van der Waals surface area contributed by atoms with Crippen molar-refractivity contribution in [3.63, 3.8) is 0 Å². The number of benzene rings is 1. The van der Waals surface area contributed by atoms with Crippen molar-refractivity contribution < 1.29 is 13.2 Å². The minimum absolute atomic E-state index is 0.139. The van der Waals surface area contributed by atoms with E-state index >= 15 is 0 Å². The molecule has 1 aromatic carbocycles. The minimum atomic E-state index is -2.94. The summed E-state index contributed by atoms with van der Waals surface area (Å²) in [6.45, 7) is 2.49. The molecule has 0 aliphatic heterocycles. The van der Waals surface area contributed by atoms with E-state index in [9.17, 15) is 8.42 Å². The van der Waals surface area contributed by atoms with E-state index in [0.717, 1.165) is 5.56 Å². The molecule has 6 heteroatoms. The van der Waals surface area contributed by atoms with Crippen LogP contribution >= 0.6 is 11.6 Å². The van der Waals surface area contributed by atoms with Gasteiger partial charge >= 0.3 is 0 Å². The molecule has 0 unspecified atom stereocenters. The zero-order chi connectivity index (χ0) is 14.3. The zero-order valence-electron chi connectivity index (χ0n) is 11.1. The average molecular weight is 306 g/mol. The van der Waals surface area contributed by atoms with E-state index in [1.807, 2.05) is 12.1 Å². The van der Waals surface area contributed by atoms with E-state index in [1.165, 1.54) is 0 Å². The Labute approximate surface area is 119 Å². The number of hydrogen-bond donors (Lipinski definition) is 1. The molecule has 0 aromatic heterocycles. The van der Waals surface area contributed by atoms with Gasteiger partial charge in [0.1, 0.15) is 15.6 Å². The molecule has 0 aliphatic carbocycles. The van der Waals surface area contributed by atoms with Crippen LogP contribution in [0.3, 0.4) is 0 Å². The fourth-order valence-corrected chi connectivity index (χ4v) is 2.76. The Bertz CT molecular complexity index is 503. The topological polar surface area (TPSA) is 69.4 Å². The van der Waals surface area contributed by atoms with Crippen LogP contribution in [-0.4, -0.2) is 33.1 Å². The first-order chi connectivity index (χ1) is 9.00. The van der Waals surface area contributed by atoms with Crippen LogP contribution in [0.1, 0.15) is 18.9 Å². The van der Waals surface area contributed by atoms with Gasteiger partial charge in [-0.1, -0.05) is 30.7 Å². The summed E-state index contributed by atoms with van der Waals surface area (Å²) in [5.41, 5.74) is 6.48. The first-order valence-corrected chi connectivity index (χ1v) is 8.50. The number of nitrogens with two attached hydrogens (primary N) is 1. The Hall–Kier alpha value is -0.780. The summed E-state index contributed by atoms with van der Waals surface area (Å²) in [4.78, 5) is 0. The fraction of sp³-hybridized carbons (Fsp3) is 0.538. The number of hydrogen-bond acceptors (Lipinski definition) is 4. The van der Waals surface area contributed by atoms with Gasteiger partial charge in [0.2, 0.25) is 0 Å². The highest BCUT2D eigenvalue weighted by Crippen LogP contribution is 2.29. The SMILES string of the molecule is CCS(=O)(=O)CCCOc1c(Cl)cccc1CCN. The molecule has 108 valence electrons. The summed E-state index contributed by atoms with van der Waals surface area (Å²) in [6, 6.07) is 5.51. The van der Waals surface area contributed by atoms with Gasteiger partial charge in [0, 0.05) is 5.75 Å². The van der Waals surface area contributed by atoms with E-state index in [2.05, 4.69) is 0 Å². The molecule has 1 aromatic rings. The monoisotopic (exact) mass is 305 g/mol. The van der Waals surface area contributed by atoms with Gasteiger partial charge in [-0.2, -0.15) is 0 Å². The summed E-state index contributed by atoms with van der Waals surface area (Å²) < 4.78 is 28.3. The minimum Gasteiger partial charge on any atom is -0.492 e. The van der Waals surface area contributed by atoms with Gasteiger partial charge in [-0.05, 0) is 31.0 Å². The van der Waals surface area contributed by atoms with Crippen LogP contribution in [0.4, 0.5) is 0 Å². The van der Waals surface area contributed by atoms with Crippen molar-refractivity contribution in [2.75, 3.05) is 24.7 Å². The summed E-state index contributed by atoms with van der Waals surface area (Å²) >= 11 is 6.08. The highest BCUT2D eigenvalue weighted by molar-refractivity contribution is 7.91. The third kappa shape index (κ3) is 5.38. The van der Waals surface area contributed by atoms with Crippen molar-refractivity contribution in [1.82, 2.24) is 0 Å². The molecule has 19 heavy (non-hydrogen) atoms. The lowest BCUT2D eigenvalue weighted by atomic mass is 10.1. The molecule has 0 radical (unpaired) electrons. The van der Waals surface area contributed by atoms with Crippen molar-refractivity contribution in [2.45, 2.75) is 19.8 Å². The van der Waals surface area contributed by atoms with Gasteiger partial charge in [0.25, 0.3) is 0 Å². The Balaban J connectivity index is 2.58. The van der Waals surface area contributed by atoms with Crippen LogP contribution in [0, 0.1) is 0 Å². The summed E-state index contributed by atoms with van der Waals surface area (Å²) in [5.74, 6) is 0.918. The van der Waals surface area contributed by atoms with E-state index in [0.29, 0.717) is 36.8 Å². The second-order valence-corrected chi connectivity index (χ2v) is 7.09. The molecule has 0 fully saturated rings. The van der Waals surface area contributed by atoms with Crippen LogP contribution in [0.25, 0.3) is 0 Å². The van der Waals surface area contributed by atoms with E-state index < -0.39 is 9.84 Å². The maximum absolute atomic E-state index is 11.3. The number of halogens is 1. The maximum atomic E-state index is 11.3. The molecular formula is C13H20ClNO3S. The predicted molar refractivity (Wildman–Crippen MR) is 78.7 cm³/mol. The first-order valence-electron chi connectivity index (χ1n) is 6.31. The van der Waals surface area contributed by atoms with Crippen molar-refractivity contribution in [1.29, 1.82) is 0 Å². The van der Waals surface area contributed by atoms with E-state index in [1.54, 1.807) is 13.0 Å². The largest absolute Gasteiger partial charge is 0.492 e. The molecule has 0 spiro atoms. The fourth-order valence-electron chi connectivity index (χ4n) is 1.66. The average Bonchev–Trinajstić information content (AvgIpc) is 2.37. The molecular weight excluding hydrogens is 286 g/mol. The number of para-hydroxylation sites is 1. The Morgan fingerprint density at radius 2 is 2.11 bits per heavy atom. The number of rotatable bonds is 8. The highest BCUT2D eigenvalue weighted by Gasteiger charge is 2.10. The quantitative estimate of drug-likeness (QED) is 0.746. The smallest absolute Gasteiger partial charge is 0.150 e. The molecule has 0 bridgehead atoms. The van der Waals surface area contributed by atoms with Crippen molar-refractivity contribution in [2.24, 2.45) is 5.73 Å². The molecule has 0 atom stereocenters. The highest BCUT2D eigenvalue weighted by atomic mass is 35.5. The lowest BCUT2D eigenvalue weighted by Gasteiger charge is -2.12. The molecule has 1 rings (SSSR count). The normalized spacial score (nSPS) is 11.5. The van der Waals surface area contributed by atoms with Crippen molar-refractivity contribution >= 4 is 21.4 Å². The third-order valence-electron chi connectivity index (χ3n) is 2.75. The second-order valence-electron chi connectivity index (χ2n) is 4.21. The van der Waals surface area contributed by atoms with Crippen molar-refractivity contribution in [3.05, 3.63) is 28.8 Å². The van der Waals surface area contributed by atoms with Crippen LogP contribution in [0.2, 0.25) is 5.02 Å². The van der Waals surface area contributed by atoms with Crippen LogP contribution in [-0.2, 0) is 16.3 Å². The number of ether oxygens (including phenoxy) is 1. The lowest BCUT2D eigenvalue weighted by Crippen LogP contribution is -2.12. The molecule has 4 nitrogen and oxygen atoms in total. The standard InChI is InChI=1S/C13H20ClNO3S/c1-2-19(16,17)10-4-9-18-13-11(7-8-15)5-3-6-12(13)14/h3,5-6H,2,4,7-10,15H2,1H3. The number of sulfone groups is 1. The predicted octanol–water partition coefficient (Wildman–Crippen LogP) is 2.04. The molecule has 0 saturated carbocycles. The lowest BCUT2D eigenvalue weighted by molar-refractivity contribution is 0.314. The first kappa shape index (κ1) is 16.3. The molecule has 2 N–H and O–H groups in total. The summed E-state index contributed by atoms with van der Waals surface area (Å²) in [5, 5.41) is 0.532. The van der Waals surface area contributed by atoms with Gasteiger partial charge < -0.3 is 10.5 Å². The Morgan fingerprint density at radius 3 is 2.74 bits per heavy atom. The van der Waals surface area contributed by atoms with Crippen LogP contribution in [0.15, 0.2) is 18.2 Å². The summed E-state index contributed by atoms with van der Waals surface area (Å²) in [7, 11) is -2.94. The van der Waals surface area contributed by atoms with Gasteiger partial charge in [-0.25, -0.2) is 8.42 Å². The molecule has 0 amide bonds. The molecule has 0 aliphatic rings. The molecule has 0 saturated heterocycles. The van der Waals surface area contributed by atoms with Gasteiger partial charge in [-0.15, -0.1) is 0 Å². The zero-order valence-corrected chi connectivity index (χ0v) is 12.6. The van der Waals surface area contributed by atoms with Crippen molar-refractivity contribution in [3.8, 4) is 5.75 Å². The second kappa shape index (κ2) is 7.72. The Morgan fingerprint density at radius 1 is 1.37 bits per heavy atom. The third-order valence-corrected chi connectivity index (χ3v) is 4.84. The van der Waals surface area contributed by atoms with E-state index in [-0.39, 0.29) is 11.5 Å². The van der Waals surface area contributed by atoms with Gasteiger partial charge in [0.15, 0.2) is 0 Å². The van der Waals surface area contributed by atoms with Crippen LogP contribution in [0.5, 0.6) is 5.75 Å². The Kier molecular flexibility index (Phi) is 6.62.